The van der Waals surface area contributed by atoms with Crippen molar-refractivity contribution in [3.63, 3.8) is 0 Å². The highest BCUT2D eigenvalue weighted by Gasteiger charge is 2.44. The zero-order valence-electron chi connectivity index (χ0n) is 19.5. The highest BCUT2D eigenvalue weighted by atomic mass is 16.7. The molecule has 1 saturated heterocycles. The first-order valence-electron chi connectivity index (χ1n) is 12.1. The molecule has 188 valence electrons. The van der Waals surface area contributed by atoms with Crippen LogP contribution in [0.15, 0.2) is 24.3 Å². The maximum absolute atomic E-state index is 10.1. The van der Waals surface area contributed by atoms with E-state index in [1.807, 2.05) is 6.08 Å². The van der Waals surface area contributed by atoms with Crippen LogP contribution in [0.3, 0.4) is 0 Å². The molecule has 0 saturated carbocycles. The summed E-state index contributed by atoms with van der Waals surface area (Å²) in [7, 11) is 0. The van der Waals surface area contributed by atoms with Gasteiger partial charge in [-0.15, -0.1) is 0 Å². The third-order valence-corrected chi connectivity index (χ3v) is 5.71. The standard InChI is InChI=1S/C24H45NO7/c1-2-3-4-5-6-7-8-9-10-11-12-13-14-15-19(27)18(25)17-31-24-23(30)22(29)21(28)20(16-26)32-24/h10-11,14-15,18-24,26-30H,2-9,12-13,16-17,25H2,1H3/b11-10+,15-14+/t18-,19+,20+,21+,22-,23+,24+/m0/s1. The van der Waals surface area contributed by atoms with Crippen LogP contribution in [0.5, 0.6) is 0 Å². The zero-order chi connectivity index (χ0) is 23.8. The van der Waals surface area contributed by atoms with Crippen molar-refractivity contribution in [2.75, 3.05) is 13.2 Å². The second-order valence-electron chi connectivity index (χ2n) is 8.57. The van der Waals surface area contributed by atoms with Gasteiger partial charge in [0.2, 0.25) is 0 Å². The van der Waals surface area contributed by atoms with Crippen LogP contribution < -0.4 is 5.73 Å². The lowest BCUT2D eigenvalue weighted by Gasteiger charge is -2.39. The average Bonchev–Trinajstić information content (AvgIpc) is 2.79. The van der Waals surface area contributed by atoms with Gasteiger partial charge in [-0.2, -0.15) is 0 Å². The molecule has 1 heterocycles. The molecule has 0 unspecified atom stereocenters. The van der Waals surface area contributed by atoms with E-state index >= 15 is 0 Å². The fourth-order valence-corrected chi connectivity index (χ4v) is 3.54. The Balaban J connectivity index is 2.16. The SMILES string of the molecule is CCCCCCCCC/C=C/CC/C=C/[C@@H](O)[C@@H](N)CO[C@@H]1O[C@H](CO)[C@@H](O)[C@H](O)[C@H]1O. The van der Waals surface area contributed by atoms with Crippen LogP contribution >= 0.6 is 0 Å². The number of hydrogen-bond acceptors (Lipinski definition) is 8. The molecular formula is C24H45NO7. The Morgan fingerprint density at radius 2 is 1.50 bits per heavy atom. The Morgan fingerprint density at radius 3 is 2.19 bits per heavy atom. The topological polar surface area (TPSA) is 146 Å². The van der Waals surface area contributed by atoms with Gasteiger partial charge in [0.1, 0.15) is 24.4 Å². The minimum absolute atomic E-state index is 0.132. The molecule has 0 spiro atoms. The first-order chi connectivity index (χ1) is 15.4. The van der Waals surface area contributed by atoms with Crippen LogP contribution in [0.2, 0.25) is 0 Å². The van der Waals surface area contributed by atoms with E-state index in [0.717, 1.165) is 19.3 Å². The van der Waals surface area contributed by atoms with Crippen molar-refractivity contribution >= 4 is 0 Å². The smallest absolute Gasteiger partial charge is 0.186 e. The van der Waals surface area contributed by atoms with Gasteiger partial charge >= 0.3 is 0 Å². The first kappa shape index (κ1) is 29.2. The summed E-state index contributed by atoms with van der Waals surface area (Å²) in [6.07, 6.45) is 12.2. The summed E-state index contributed by atoms with van der Waals surface area (Å²) in [6.45, 7) is 1.57. The van der Waals surface area contributed by atoms with Crippen molar-refractivity contribution in [1.82, 2.24) is 0 Å². The Kier molecular flexibility index (Phi) is 16.1. The van der Waals surface area contributed by atoms with Gasteiger partial charge in [0, 0.05) is 0 Å². The fourth-order valence-electron chi connectivity index (χ4n) is 3.54. The van der Waals surface area contributed by atoms with Crippen molar-refractivity contribution in [3.05, 3.63) is 24.3 Å². The third-order valence-electron chi connectivity index (χ3n) is 5.71. The normalized spacial score (nSPS) is 28.5. The number of allylic oxidation sites excluding steroid dienone is 3. The molecule has 0 aromatic carbocycles. The molecule has 0 aromatic rings. The molecule has 0 aliphatic carbocycles. The molecule has 8 nitrogen and oxygen atoms in total. The van der Waals surface area contributed by atoms with Gasteiger partial charge in [0.15, 0.2) is 6.29 Å². The average molecular weight is 460 g/mol. The quantitative estimate of drug-likeness (QED) is 0.142. The highest BCUT2D eigenvalue weighted by Crippen LogP contribution is 2.22. The van der Waals surface area contributed by atoms with E-state index < -0.39 is 49.5 Å². The lowest BCUT2D eigenvalue weighted by atomic mass is 9.99. The van der Waals surface area contributed by atoms with Crippen LogP contribution in [0, 0.1) is 0 Å². The molecule has 0 amide bonds. The molecular weight excluding hydrogens is 414 g/mol. The lowest BCUT2D eigenvalue weighted by Crippen LogP contribution is -2.59. The molecule has 8 heteroatoms. The van der Waals surface area contributed by atoms with Gasteiger partial charge in [-0.05, 0) is 25.7 Å². The fraction of sp³-hybridized carbons (Fsp3) is 0.833. The molecule has 7 N–H and O–H groups in total. The highest BCUT2D eigenvalue weighted by molar-refractivity contribution is 4.96. The van der Waals surface area contributed by atoms with E-state index in [2.05, 4.69) is 19.1 Å². The van der Waals surface area contributed by atoms with E-state index in [-0.39, 0.29) is 6.61 Å². The number of nitrogens with two attached hydrogens (primary N) is 1. The van der Waals surface area contributed by atoms with Crippen molar-refractivity contribution in [1.29, 1.82) is 0 Å². The summed E-state index contributed by atoms with van der Waals surface area (Å²) in [6, 6.07) is -0.758. The maximum atomic E-state index is 10.1. The Bertz CT molecular complexity index is 515. The van der Waals surface area contributed by atoms with Crippen molar-refractivity contribution in [2.45, 2.75) is 114 Å². The Hall–Kier alpha value is -0.840. The van der Waals surface area contributed by atoms with Crippen LogP contribution in [0.1, 0.15) is 71.1 Å². The van der Waals surface area contributed by atoms with Crippen molar-refractivity contribution < 1.29 is 35.0 Å². The van der Waals surface area contributed by atoms with Gasteiger partial charge in [-0.25, -0.2) is 0 Å². The Morgan fingerprint density at radius 1 is 0.875 bits per heavy atom. The maximum Gasteiger partial charge on any atom is 0.186 e. The van der Waals surface area contributed by atoms with E-state index in [1.165, 1.54) is 44.9 Å². The van der Waals surface area contributed by atoms with E-state index in [9.17, 15) is 25.5 Å². The summed E-state index contributed by atoms with van der Waals surface area (Å²) in [5, 5.41) is 48.8. The number of aliphatic hydroxyl groups excluding tert-OH is 5. The van der Waals surface area contributed by atoms with Crippen LogP contribution in [-0.2, 0) is 9.47 Å². The first-order valence-corrected chi connectivity index (χ1v) is 12.1. The Labute approximate surface area is 192 Å². The van der Waals surface area contributed by atoms with Crippen molar-refractivity contribution in [2.24, 2.45) is 5.73 Å². The molecule has 0 radical (unpaired) electrons. The molecule has 1 aliphatic rings. The second kappa shape index (κ2) is 17.6. The van der Waals surface area contributed by atoms with E-state index in [0.29, 0.717) is 0 Å². The largest absolute Gasteiger partial charge is 0.394 e. The molecule has 0 aromatic heterocycles. The number of hydrogen-bond donors (Lipinski definition) is 6. The van der Waals surface area contributed by atoms with Gasteiger partial charge in [0.05, 0.1) is 25.4 Å². The molecule has 1 fully saturated rings. The van der Waals surface area contributed by atoms with E-state index in [4.69, 9.17) is 15.2 Å². The molecule has 32 heavy (non-hydrogen) atoms. The van der Waals surface area contributed by atoms with Gasteiger partial charge < -0.3 is 40.7 Å². The minimum atomic E-state index is -1.51. The molecule has 1 aliphatic heterocycles. The molecule has 0 bridgehead atoms. The predicted molar refractivity (Wildman–Crippen MR) is 124 cm³/mol. The number of aliphatic hydroxyl groups is 5. The number of ether oxygens (including phenoxy) is 2. The summed E-state index contributed by atoms with van der Waals surface area (Å²) in [5.41, 5.74) is 5.92. The summed E-state index contributed by atoms with van der Waals surface area (Å²) >= 11 is 0. The van der Waals surface area contributed by atoms with Crippen LogP contribution in [-0.4, -0.2) is 81.6 Å². The summed E-state index contributed by atoms with van der Waals surface area (Å²) in [5.74, 6) is 0. The number of unbranched alkanes of at least 4 members (excludes halogenated alkanes) is 8. The molecule has 1 rings (SSSR count). The monoisotopic (exact) mass is 459 g/mol. The van der Waals surface area contributed by atoms with Crippen molar-refractivity contribution in [3.8, 4) is 0 Å². The summed E-state index contributed by atoms with van der Waals surface area (Å²) < 4.78 is 10.6. The minimum Gasteiger partial charge on any atom is -0.394 e. The summed E-state index contributed by atoms with van der Waals surface area (Å²) in [4.78, 5) is 0. The van der Waals surface area contributed by atoms with Gasteiger partial charge in [0.25, 0.3) is 0 Å². The van der Waals surface area contributed by atoms with Gasteiger partial charge in [-0.1, -0.05) is 69.8 Å². The molecule has 7 atom stereocenters. The zero-order valence-corrected chi connectivity index (χ0v) is 19.5. The predicted octanol–water partition coefficient (Wildman–Crippen LogP) is 1.52. The lowest BCUT2D eigenvalue weighted by molar-refractivity contribution is -0.302. The van der Waals surface area contributed by atoms with Crippen LogP contribution in [0.4, 0.5) is 0 Å². The van der Waals surface area contributed by atoms with Crippen LogP contribution in [0.25, 0.3) is 0 Å². The second-order valence-corrected chi connectivity index (χ2v) is 8.57. The number of rotatable bonds is 17. The van der Waals surface area contributed by atoms with Gasteiger partial charge in [-0.3, -0.25) is 0 Å². The third kappa shape index (κ3) is 11.3. The van der Waals surface area contributed by atoms with E-state index in [1.54, 1.807) is 6.08 Å².